The van der Waals surface area contributed by atoms with E-state index in [1.54, 1.807) is 11.3 Å². The third kappa shape index (κ3) is 3.20. The molecular weight excluding hydrogens is 228 g/mol. The lowest BCUT2D eigenvalue weighted by Gasteiger charge is -2.11. The van der Waals surface area contributed by atoms with E-state index in [2.05, 4.69) is 52.1 Å². The van der Waals surface area contributed by atoms with Crippen molar-refractivity contribution in [2.75, 3.05) is 7.05 Å². The highest BCUT2D eigenvalue weighted by Crippen LogP contribution is 2.16. The molecule has 92 valence electrons. The lowest BCUT2D eigenvalue weighted by molar-refractivity contribution is 0.574. The molecule has 2 heterocycles. The van der Waals surface area contributed by atoms with Gasteiger partial charge in [0.2, 0.25) is 0 Å². The standard InChI is InChI=1S/C14H20N2S/c1-3-14(15-2)13-5-8-16(10-13)7-4-12-6-9-17-11-12/h5-6,8-11,14-15H,3-4,7H2,1-2H3. The number of hydrogen-bond acceptors (Lipinski definition) is 2. The molecule has 0 aliphatic carbocycles. The number of aryl methyl sites for hydroxylation is 2. The zero-order valence-electron chi connectivity index (χ0n) is 10.5. The third-order valence-corrected chi connectivity index (χ3v) is 3.90. The average Bonchev–Trinajstić information content (AvgIpc) is 2.99. The highest BCUT2D eigenvalue weighted by atomic mass is 32.1. The highest BCUT2D eigenvalue weighted by molar-refractivity contribution is 7.07. The molecule has 0 saturated carbocycles. The summed E-state index contributed by atoms with van der Waals surface area (Å²) in [7, 11) is 2.02. The van der Waals surface area contributed by atoms with Crippen molar-refractivity contribution in [1.82, 2.24) is 9.88 Å². The molecule has 2 aromatic heterocycles. The summed E-state index contributed by atoms with van der Waals surface area (Å²) in [5, 5.41) is 7.71. The second-order valence-electron chi connectivity index (χ2n) is 4.31. The molecule has 3 heteroatoms. The fourth-order valence-corrected chi connectivity index (χ4v) is 2.81. The summed E-state index contributed by atoms with van der Waals surface area (Å²) in [6.45, 7) is 3.28. The fraction of sp³-hybridized carbons (Fsp3) is 0.429. The molecule has 0 spiro atoms. The molecule has 1 atom stereocenters. The highest BCUT2D eigenvalue weighted by Gasteiger charge is 2.07. The lowest BCUT2D eigenvalue weighted by Crippen LogP contribution is -2.14. The predicted molar refractivity (Wildman–Crippen MR) is 74.5 cm³/mol. The molecule has 2 rings (SSSR count). The Kier molecular flexibility index (Phi) is 4.40. The summed E-state index contributed by atoms with van der Waals surface area (Å²) >= 11 is 1.77. The van der Waals surface area contributed by atoms with Crippen LogP contribution in [-0.2, 0) is 13.0 Å². The lowest BCUT2D eigenvalue weighted by atomic mass is 10.1. The molecule has 0 amide bonds. The Morgan fingerprint density at radius 1 is 1.41 bits per heavy atom. The molecular formula is C14H20N2S. The number of hydrogen-bond donors (Lipinski definition) is 1. The minimum absolute atomic E-state index is 0.484. The monoisotopic (exact) mass is 248 g/mol. The summed E-state index contributed by atoms with van der Waals surface area (Å²) < 4.78 is 2.28. The van der Waals surface area contributed by atoms with Gasteiger partial charge in [-0.15, -0.1) is 0 Å². The van der Waals surface area contributed by atoms with Gasteiger partial charge in [-0.2, -0.15) is 11.3 Å². The second-order valence-corrected chi connectivity index (χ2v) is 5.09. The zero-order chi connectivity index (χ0) is 12.1. The number of aromatic nitrogens is 1. The van der Waals surface area contributed by atoms with Gasteiger partial charge < -0.3 is 9.88 Å². The minimum atomic E-state index is 0.484. The molecule has 0 aliphatic heterocycles. The molecule has 2 nitrogen and oxygen atoms in total. The smallest absolute Gasteiger partial charge is 0.0329 e. The third-order valence-electron chi connectivity index (χ3n) is 3.17. The van der Waals surface area contributed by atoms with Crippen LogP contribution >= 0.6 is 11.3 Å². The van der Waals surface area contributed by atoms with Gasteiger partial charge in [-0.05, 0) is 53.9 Å². The Morgan fingerprint density at radius 3 is 2.94 bits per heavy atom. The number of nitrogens with zero attached hydrogens (tertiary/aromatic N) is 1. The topological polar surface area (TPSA) is 17.0 Å². The number of thiophene rings is 1. The Morgan fingerprint density at radius 2 is 2.29 bits per heavy atom. The Balaban J connectivity index is 1.94. The maximum absolute atomic E-state index is 3.34. The minimum Gasteiger partial charge on any atom is -0.354 e. The molecule has 0 fully saturated rings. The van der Waals surface area contributed by atoms with Crippen LogP contribution in [0.3, 0.4) is 0 Å². The largest absolute Gasteiger partial charge is 0.354 e. The summed E-state index contributed by atoms with van der Waals surface area (Å²) in [6.07, 6.45) is 6.69. The van der Waals surface area contributed by atoms with E-state index in [1.807, 2.05) is 7.05 Å². The summed E-state index contributed by atoms with van der Waals surface area (Å²) in [5.74, 6) is 0. The van der Waals surface area contributed by atoms with Crippen LogP contribution in [0.4, 0.5) is 0 Å². The molecule has 0 radical (unpaired) electrons. The Bertz CT molecular complexity index is 427. The van der Waals surface area contributed by atoms with Gasteiger partial charge in [0.25, 0.3) is 0 Å². The summed E-state index contributed by atoms with van der Waals surface area (Å²) in [5.41, 5.74) is 2.83. The van der Waals surface area contributed by atoms with E-state index in [0.29, 0.717) is 6.04 Å². The van der Waals surface area contributed by atoms with Gasteiger partial charge in [0.05, 0.1) is 0 Å². The van der Waals surface area contributed by atoms with Crippen molar-refractivity contribution in [3.63, 3.8) is 0 Å². The maximum Gasteiger partial charge on any atom is 0.0329 e. The van der Waals surface area contributed by atoms with Crippen molar-refractivity contribution in [1.29, 1.82) is 0 Å². The van der Waals surface area contributed by atoms with Gasteiger partial charge in [0.1, 0.15) is 0 Å². The molecule has 0 aliphatic rings. The molecule has 0 saturated heterocycles. The van der Waals surface area contributed by atoms with Gasteiger partial charge in [-0.1, -0.05) is 6.92 Å². The first-order chi connectivity index (χ1) is 8.33. The number of nitrogens with one attached hydrogen (secondary N) is 1. The van der Waals surface area contributed by atoms with Crippen molar-refractivity contribution in [3.8, 4) is 0 Å². The van der Waals surface area contributed by atoms with Crippen molar-refractivity contribution >= 4 is 11.3 Å². The first-order valence-corrected chi connectivity index (χ1v) is 7.11. The van der Waals surface area contributed by atoms with E-state index in [4.69, 9.17) is 0 Å². The quantitative estimate of drug-likeness (QED) is 0.828. The van der Waals surface area contributed by atoms with Gasteiger partial charge in [0.15, 0.2) is 0 Å². The van der Waals surface area contributed by atoms with E-state index < -0.39 is 0 Å². The van der Waals surface area contributed by atoms with Crippen molar-refractivity contribution in [3.05, 3.63) is 46.4 Å². The summed E-state index contributed by atoms with van der Waals surface area (Å²) in [6, 6.07) is 4.91. The first-order valence-electron chi connectivity index (χ1n) is 6.17. The Hall–Kier alpha value is -1.06. The van der Waals surface area contributed by atoms with Crippen LogP contribution in [0.15, 0.2) is 35.3 Å². The van der Waals surface area contributed by atoms with E-state index in [-0.39, 0.29) is 0 Å². The molecule has 17 heavy (non-hydrogen) atoms. The van der Waals surface area contributed by atoms with E-state index in [9.17, 15) is 0 Å². The van der Waals surface area contributed by atoms with Gasteiger partial charge >= 0.3 is 0 Å². The molecule has 1 unspecified atom stereocenters. The van der Waals surface area contributed by atoms with Crippen LogP contribution < -0.4 is 5.32 Å². The first kappa shape index (κ1) is 12.4. The molecule has 1 N–H and O–H groups in total. The van der Waals surface area contributed by atoms with Crippen LogP contribution in [0.5, 0.6) is 0 Å². The SMILES string of the molecule is CCC(NC)c1ccn(CCc2ccsc2)c1. The van der Waals surface area contributed by atoms with Crippen LogP contribution in [-0.4, -0.2) is 11.6 Å². The van der Waals surface area contributed by atoms with Gasteiger partial charge in [0, 0.05) is 25.0 Å². The molecule has 2 aromatic rings. The van der Waals surface area contributed by atoms with E-state index >= 15 is 0 Å². The summed E-state index contributed by atoms with van der Waals surface area (Å²) in [4.78, 5) is 0. The normalized spacial score (nSPS) is 12.8. The van der Waals surface area contributed by atoms with Crippen molar-refractivity contribution < 1.29 is 0 Å². The number of rotatable bonds is 6. The van der Waals surface area contributed by atoms with E-state index in [0.717, 1.165) is 19.4 Å². The van der Waals surface area contributed by atoms with Gasteiger partial charge in [-0.3, -0.25) is 0 Å². The Labute approximate surface area is 107 Å². The second kappa shape index (κ2) is 6.03. The zero-order valence-corrected chi connectivity index (χ0v) is 11.3. The molecule has 0 aromatic carbocycles. The van der Waals surface area contributed by atoms with E-state index in [1.165, 1.54) is 11.1 Å². The maximum atomic E-state index is 3.34. The fourth-order valence-electron chi connectivity index (χ4n) is 2.10. The van der Waals surface area contributed by atoms with Crippen LogP contribution in [0.25, 0.3) is 0 Å². The van der Waals surface area contributed by atoms with Crippen molar-refractivity contribution in [2.45, 2.75) is 32.4 Å². The molecule has 0 bridgehead atoms. The predicted octanol–water partition coefficient (Wildman–Crippen LogP) is 3.46. The van der Waals surface area contributed by atoms with Gasteiger partial charge in [-0.25, -0.2) is 0 Å². The van der Waals surface area contributed by atoms with Crippen LogP contribution in [0, 0.1) is 0 Å². The van der Waals surface area contributed by atoms with Crippen molar-refractivity contribution in [2.24, 2.45) is 0 Å². The van der Waals surface area contributed by atoms with Crippen LogP contribution in [0.1, 0.15) is 30.5 Å². The van der Waals surface area contributed by atoms with Crippen LogP contribution in [0.2, 0.25) is 0 Å². The average molecular weight is 248 g/mol.